The summed E-state index contributed by atoms with van der Waals surface area (Å²) in [6, 6.07) is -0.0539. The predicted molar refractivity (Wildman–Crippen MR) is 64.3 cm³/mol. The van der Waals surface area contributed by atoms with Gasteiger partial charge in [-0.15, -0.1) is 0 Å². The fraction of sp³-hybridized carbons (Fsp3) is 0.917. The topological polar surface area (TPSA) is 58.4 Å². The number of carbonyl (C=O) groups excluding carboxylic acids is 1. The van der Waals surface area contributed by atoms with E-state index in [9.17, 15) is 13.6 Å². The lowest BCUT2D eigenvalue weighted by Gasteiger charge is -2.39. The molecule has 1 aliphatic heterocycles. The Balaban J connectivity index is 2.01. The minimum atomic E-state index is -2.68. The maximum Gasteiger partial charge on any atom is 0.248 e. The second-order valence-electron chi connectivity index (χ2n) is 5.27. The molecule has 2 fully saturated rings. The first kappa shape index (κ1) is 13.7. The molecule has 0 aromatic rings. The van der Waals surface area contributed by atoms with Gasteiger partial charge in [0.05, 0.1) is 6.04 Å². The number of nitrogens with two attached hydrogens (primary N) is 1. The number of hydrogen-bond acceptors (Lipinski definition) is 3. The molecule has 2 atom stereocenters. The smallest absolute Gasteiger partial charge is 0.248 e. The van der Waals surface area contributed by atoms with Crippen molar-refractivity contribution in [1.82, 2.24) is 10.2 Å². The number of hydrogen-bond donors (Lipinski definition) is 2. The highest BCUT2D eigenvalue weighted by Gasteiger charge is 2.41. The van der Waals surface area contributed by atoms with Crippen LogP contribution in [0.2, 0.25) is 0 Å². The van der Waals surface area contributed by atoms with Crippen molar-refractivity contribution < 1.29 is 13.6 Å². The average molecular weight is 261 g/mol. The standard InChI is InChI=1S/C12H21F2N3O/c13-12(14)3-1-2-9(6-12)11(18)17-5-4-16-8-10(17)7-15/h9-10,16H,1-8,15H2. The Kier molecular flexibility index (Phi) is 4.17. The van der Waals surface area contributed by atoms with Crippen LogP contribution in [0, 0.1) is 5.92 Å². The Hall–Kier alpha value is -0.750. The van der Waals surface area contributed by atoms with Gasteiger partial charge in [-0.25, -0.2) is 8.78 Å². The molecule has 2 rings (SSSR count). The van der Waals surface area contributed by atoms with Gasteiger partial charge in [-0.2, -0.15) is 0 Å². The molecule has 0 spiro atoms. The largest absolute Gasteiger partial charge is 0.336 e. The van der Waals surface area contributed by atoms with Gasteiger partial charge in [0.2, 0.25) is 11.8 Å². The zero-order valence-corrected chi connectivity index (χ0v) is 10.5. The Morgan fingerprint density at radius 1 is 1.50 bits per heavy atom. The first-order valence-corrected chi connectivity index (χ1v) is 6.62. The summed E-state index contributed by atoms with van der Waals surface area (Å²) in [6.07, 6.45) is 0.629. The summed E-state index contributed by atoms with van der Waals surface area (Å²) in [7, 11) is 0. The molecule has 1 amide bonds. The van der Waals surface area contributed by atoms with Crippen LogP contribution in [0.1, 0.15) is 25.7 Å². The highest BCUT2D eigenvalue weighted by atomic mass is 19.3. The van der Waals surface area contributed by atoms with E-state index in [1.165, 1.54) is 0 Å². The lowest BCUT2D eigenvalue weighted by Crippen LogP contribution is -2.58. The molecule has 1 saturated heterocycles. The predicted octanol–water partition coefficient (Wildman–Crippen LogP) is 0.571. The van der Waals surface area contributed by atoms with Crippen LogP contribution in [0.5, 0.6) is 0 Å². The molecule has 1 aliphatic carbocycles. The molecule has 0 aromatic carbocycles. The highest BCUT2D eigenvalue weighted by Crippen LogP contribution is 2.37. The molecular formula is C12H21F2N3O. The molecular weight excluding hydrogens is 240 g/mol. The number of piperazine rings is 1. The van der Waals surface area contributed by atoms with E-state index in [2.05, 4.69) is 5.32 Å². The van der Waals surface area contributed by atoms with Gasteiger partial charge in [-0.05, 0) is 12.8 Å². The molecule has 18 heavy (non-hydrogen) atoms. The van der Waals surface area contributed by atoms with Crippen molar-refractivity contribution in [3.8, 4) is 0 Å². The zero-order chi connectivity index (χ0) is 13.2. The molecule has 6 heteroatoms. The second-order valence-corrected chi connectivity index (χ2v) is 5.27. The fourth-order valence-electron chi connectivity index (χ4n) is 2.88. The summed E-state index contributed by atoms with van der Waals surface area (Å²) >= 11 is 0. The van der Waals surface area contributed by atoms with E-state index in [1.54, 1.807) is 4.90 Å². The van der Waals surface area contributed by atoms with Crippen molar-refractivity contribution in [3.05, 3.63) is 0 Å². The Labute approximate surface area is 106 Å². The minimum Gasteiger partial charge on any atom is -0.336 e. The summed E-state index contributed by atoms with van der Waals surface area (Å²) in [5, 5.41) is 3.17. The van der Waals surface area contributed by atoms with Gasteiger partial charge < -0.3 is 16.0 Å². The summed E-state index contributed by atoms with van der Waals surface area (Å²) in [5.74, 6) is -3.34. The molecule has 1 saturated carbocycles. The molecule has 104 valence electrons. The van der Waals surface area contributed by atoms with E-state index in [-0.39, 0.29) is 24.8 Å². The number of nitrogens with one attached hydrogen (secondary N) is 1. The van der Waals surface area contributed by atoms with Gasteiger partial charge in [0, 0.05) is 44.9 Å². The van der Waals surface area contributed by atoms with E-state index < -0.39 is 11.8 Å². The maximum absolute atomic E-state index is 13.4. The summed E-state index contributed by atoms with van der Waals surface area (Å²) < 4.78 is 26.7. The van der Waals surface area contributed by atoms with Gasteiger partial charge in [-0.1, -0.05) is 0 Å². The molecule has 3 N–H and O–H groups in total. The molecule has 0 bridgehead atoms. The highest BCUT2D eigenvalue weighted by molar-refractivity contribution is 5.79. The van der Waals surface area contributed by atoms with Crippen molar-refractivity contribution in [2.75, 3.05) is 26.2 Å². The molecule has 0 aromatic heterocycles. The Morgan fingerprint density at radius 3 is 2.94 bits per heavy atom. The van der Waals surface area contributed by atoms with Crippen LogP contribution in [0.3, 0.4) is 0 Å². The van der Waals surface area contributed by atoms with Gasteiger partial charge in [-0.3, -0.25) is 4.79 Å². The van der Waals surface area contributed by atoms with Gasteiger partial charge in [0.25, 0.3) is 0 Å². The van der Waals surface area contributed by atoms with Gasteiger partial charge in [0.1, 0.15) is 0 Å². The second kappa shape index (κ2) is 5.48. The van der Waals surface area contributed by atoms with E-state index in [0.29, 0.717) is 39.0 Å². The van der Waals surface area contributed by atoms with E-state index in [4.69, 9.17) is 5.73 Å². The quantitative estimate of drug-likeness (QED) is 0.764. The Bertz CT molecular complexity index is 312. The summed E-state index contributed by atoms with van der Waals surface area (Å²) in [5.41, 5.74) is 5.63. The third kappa shape index (κ3) is 2.98. The van der Waals surface area contributed by atoms with Crippen LogP contribution in [0.25, 0.3) is 0 Å². The molecule has 0 radical (unpaired) electrons. The van der Waals surface area contributed by atoms with Gasteiger partial charge >= 0.3 is 0 Å². The van der Waals surface area contributed by atoms with Crippen LogP contribution in [-0.4, -0.2) is 49.0 Å². The number of nitrogens with zero attached hydrogens (tertiary/aromatic N) is 1. The molecule has 4 nitrogen and oxygen atoms in total. The summed E-state index contributed by atoms with van der Waals surface area (Å²) in [4.78, 5) is 14.0. The van der Waals surface area contributed by atoms with Crippen molar-refractivity contribution in [2.45, 2.75) is 37.6 Å². The van der Waals surface area contributed by atoms with Crippen LogP contribution in [0.15, 0.2) is 0 Å². The third-order valence-corrected chi connectivity index (χ3v) is 3.89. The lowest BCUT2D eigenvalue weighted by atomic mass is 9.85. The Morgan fingerprint density at radius 2 is 2.28 bits per heavy atom. The van der Waals surface area contributed by atoms with Gasteiger partial charge in [0.15, 0.2) is 0 Å². The van der Waals surface area contributed by atoms with Crippen molar-refractivity contribution in [2.24, 2.45) is 11.7 Å². The minimum absolute atomic E-state index is 0.0539. The van der Waals surface area contributed by atoms with E-state index >= 15 is 0 Å². The summed E-state index contributed by atoms with van der Waals surface area (Å²) in [6.45, 7) is 2.32. The van der Waals surface area contributed by atoms with Crippen molar-refractivity contribution >= 4 is 5.91 Å². The number of alkyl halides is 2. The fourth-order valence-corrected chi connectivity index (χ4v) is 2.88. The van der Waals surface area contributed by atoms with Crippen LogP contribution in [0.4, 0.5) is 8.78 Å². The van der Waals surface area contributed by atoms with Crippen molar-refractivity contribution in [1.29, 1.82) is 0 Å². The van der Waals surface area contributed by atoms with Crippen molar-refractivity contribution in [3.63, 3.8) is 0 Å². The average Bonchev–Trinajstić information content (AvgIpc) is 2.36. The number of amides is 1. The number of halogens is 2. The molecule has 2 unspecified atom stereocenters. The third-order valence-electron chi connectivity index (χ3n) is 3.89. The first-order chi connectivity index (χ1) is 8.53. The molecule has 2 aliphatic rings. The SMILES string of the molecule is NCC1CNCCN1C(=O)C1CCCC(F)(F)C1. The van der Waals surface area contributed by atoms with E-state index in [0.717, 1.165) is 0 Å². The van der Waals surface area contributed by atoms with Crippen LogP contribution in [-0.2, 0) is 4.79 Å². The van der Waals surface area contributed by atoms with Crippen LogP contribution < -0.4 is 11.1 Å². The molecule has 1 heterocycles. The van der Waals surface area contributed by atoms with E-state index in [1.807, 2.05) is 0 Å². The monoisotopic (exact) mass is 261 g/mol. The van der Waals surface area contributed by atoms with Crippen LogP contribution >= 0.6 is 0 Å². The number of rotatable bonds is 2. The maximum atomic E-state index is 13.4. The lowest BCUT2D eigenvalue weighted by molar-refractivity contribution is -0.145. The first-order valence-electron chi connectivity index (χ1n) is 6.62. The number of carbonyl (C=O) groups is 1. The normalized spacial score (nSPS) is 32.3. The zero-order valence-electron chi connectivity index (χ0n) is 10.5.